The average molecular weight is 429 g/mol. The first-order valence-corrected chi connectivity index (χ1v) is 11.6. The summed E-state index contributed by atoms with van der Waals surface area (Å²) < 4.78 is 5.22. The highest BCUT2D eigenvalue weighted by atomic mass is 32.2. The van der Waals surface area contributed by atoms with Crippen molar-refractivity contribution in [1.82, 2.24) is 10.2 Å². The Balaban J connectivity index is 2.10. The van der Waals surface area contributed by atoms with Crippen LogP contribution in [0.1, 0.15) is 37.8 Å². The summed E-state index contributed by atoms with van der Waals surface area (Å²) in [6.07, 6.45) is 1.43. The number of nitrogens with one attached hydrogen (secondary N) is 1. The Morgan fingerprint density at radius 1 is 1.03 bits per heavy atom. The number of methoxy groups -OCH3 is 1. The summed E-state index contributed by atoms with van der Waals surface area (Å²) in [5.41, 5.74) is 2.16. The van der Waals surface area contributed by atoms with E-state index < -0.39 is 6.04 Å². The second-order valence-electron chi connectivity index (χ2n) is 7.06. The van der Waals surface area contributed by atoms with Gasteiger partial charge in [0.15, 0.2) is 0 Å². The van der Waals surface area contributed by atoms with Crippen molar-refractivity contribution in [1.29, 1.82) is 0 Å². The molecule has 0 aliphatic carbocycles. The highest BCUT2D eigenvalue weighted by Crippen LogP contribution is 2.19. The number of amides is 2. The Morgan fingerprint density at radius 3 is 2.33 bits per heavy atom. The van der Waals surface area contributed by atoms with E-state index in [1.807, 2.05) is 56.3 Å². The Morgan fingerprint density at radius 2 is 1.73 bits per heavy atom. The van der Waals surface area contributed by atoms with Crippen LogP contribution in [0.25, 0.3) is 0 Å². The van der Waals surface area contributed by atoms with Gasteiger partial charge in [0.25, 0.3) is 0 Å². The van der Waals surface area contributed by atoms with Gasteiger partial charge in [-0.1, -0.05) is 56.3 Å². The van der Waals surface area contributed by atoms with Gasteiger partial charge in [-0.25, -0.2) is 0 Å². The molecule has 2 aromatic rings. The molecule has 0 saturated carbocycles. The summed E-state index contributed by atoms with van der Waals surface area (Å²) in [7, 11) is 1.62. The van der Waals surface area contributed by atoms with Gasteiger partial charge in [-0.15, -0.1) is 11.8 Å². The molecular weight excluding hydrogens is 396 g/mol. The first kappa shape index (κ1) is 23.8. The standard InChI is InChI=1S/C24H32N2O3S/c1-4-15-25-24(28)22(5-2)26(16-19-11-13-21(29-3)14-12-19)23(27)18-30-17-20-9-7-6-8-10-20/h6-14,22H,4-5,15-18H2,1-3H3,(H,25,28)/t22-/m0/s1. The fraction of sp³-hybridized carbons (Fsp3) is 0.417. The molecule has 162 valence electrons. The number of benzene rings is 2. The van der Waals surface area contributed by atoms with Crippen molar-refractivity contribution in [2.75, 3.05) is 19.4 Å². The maximum atomic E-state index is 13.1. The molecule has 0 aliphatic heterocycles. The fourth-order valence-electron chi connectivity index (χ4n) is 3.13. The summed E-state index contributed by atoms with van der Waals surface area (Å²) in [5.74, 6) is 1.76. The number of rotatable bonds is 12. The van der Waals surface area contributed by atoms with Crippen molar-refractivity contribution in [3.63, 3.8) is 0 Å². The molecule has 0 unspecified atom stereocenters. The Labute approximate surface area is 184 Å². The van der Waals surface area contributed by atoms with Gasteiger partial charge in [-0.05, 0) is 36.1 Å². The summed E-state index contributed by atoms with van der Waals surface area (Å²) in [4.78, 5) is 27.6. The minimum absolute atomic E-state index is 0.0229. The number of hydrogen-bond acceptors (Lipinski definition) is 4. The molecule has 0 spiro atoms. The van der Waals surface area contributed by atoms with E-state index in [0.717, 1.165) is 23.5 Å². The number of ether oxygens (including phenoxy) is 1. The zero-order valence-electron chi connectivity index (χ0n) is 18.1. The van der Waals surface area contributed by atoms with Crippen molar-refractivity contribution < 1.29 is 14.3 Å². The SMILES string of the molecule is CCCNC(=O)[C@H](CC)N(Cc1ccc(OC)cc1)C(=O)CSCc1ccccc1. The quantitative estimate of drug-likeness (QED) is 0.549. The minimum Gasteiger partial charge on any atom is -0.497 e. The lowest BCUT2D eigenvalue weighted by Gasteiger charge is -2.30. The molecule has 0 saturated heterocycles. The summed E-state index contributed by atoms with van der Waals surface area (Å²) in [6, 6.07) is 17.2. The topological polar surface area (TPSA) is 58.6 Å². The highest BCUT2D eigenvalue weighted by Gasteiger charge is 2.28. The molecule has 0 fully saturated rings. The fourth-order valence-corrected chi connectivity index (χ4v) is 4.00. The van der Waals surface area contributed by atoms with Crippen LogP contribution in [-0.2, 0) is 21.9 Å². The van der Waals surface area contributed by atoms with E-state index >= 15 is 0 Å². The first-order chi connectivity index (χ1) is 14.6. The van der Waals surface area contributed by atoms with Crippen LogP contribution >= 0.6 is 11.8 Å². The summed E-state index contributed by atoms with van der Waals surface area (Å²) in [5, 5.41) is 2.95. The molecule has 0 bridgehead atoms. The number of hydrogen-bond donors (Lipinski definition) is 1. The van der Waals surface area contributed by atoms with Crippen LogP contribution in [0.5, 0.6) is 5.75 Å². The van der Waals surface area contributed by atoms with Crippen LogP contribution < -0.4 is 10.1 Å². The van der Waals surface area contributed by atoms with E-state index in [-0.39, 0.29) is 11.8 Å². The van der Waals surface area contributed by atoms with Crippen molar-refractivity contribution in [3.05, 3.63) is 65.7 Å². The van der Waals surface area contributed by atoms with Crippen LogP contribution in [0.3, 0.4) is 0 Å². The van der Waals surface area contributed by atoms with Gasteiger partial charge in [0.05, 0.1) is 12.9 Å². The third-order valence-corrected chi connectivity index (χ3v) is 5.77. The molecule has 6 heteroatoms. The van der Waals surface area contributed by atoms with E-state index in [4.69, 9.17) is 4.74 Å². The number of thioether (sulfide) groups is 1. The molecule has 0 aromatic heterocycles. The largest absolute Gasteiger partial charge is 0.497 e. The molecular formula is C24H32N2O3S. The molecule has 1 atom stereocenters. The highest BCUT2D eigenvalue weighted by molar-refractivity contribution is 7.99. The van der Waals surface area contributed by atoms with E-state index in [0.29, 0.717) is 25.3 Å². The zero-order valence-corrected chi connectivity index (χ0v) is 18.9. The minimum atomic E-state index is -0.483. The van der Waals surface area contributed by atoms with Crippen LogP contribution in [0.15, 0.2) is 54.6 Å². The number of carbonyl (C=O) groups is 2. The molecule has 0 radical (unpaired) electrons. The molecule has 0 aliphatic rings. The third kappa shape index (κ3) is 7.41. The number of nitrogens with zero attached hydrogens (tertiary/aromatic N) is 1. The van der Waals surface area contributed by atoms with Crippen LogP contribution in [0.4, 0.5) is 0 Å². The van der Waals surface area contributed by atoms with Crippen molar-refractivity contribution in [3.8, 4) is 5.75 Å². The maximum Gasteiger partial charge on any atom is 0.242 e. The Bertz CT molecular complexity index is 781. The average Bonchev–Trinajstić information content (AvgIpc) is 2.78. The van der Waals surface area contributed by atoms with Crippen molar-refractivity contribution >= 4 is 23.6 Å². The van der Waals surface area contributed by atoms with E-state index in [1.165, 1.54) is 5.56 Å². The van der Waals surface area contributed by atoms with Gasteiger partial charge in [-0.2, -0.15) is 0 Å². The van der Waals surface area contributed by atoms with Gasteiger partial charge < -0.3 is 15.0 Å². The normalized spacial score (nSPS) is 11.6. The molecule has 2 amide bonds. The molecule has 1 N–H and O–H groups in total. The molecule has 30 heavy (non-hydrogen) atoms. The van der Waals surface area contributed by atoms with Gasteiger partial charge >= 0.3 is 0 Å². The third-order valence-electron chi connectivity index (χ3n) is 4.78. The smallest absolute Gasteiger partial charge is 0.242 e. The predicted octanol–water partition coefficient (Wildman–Crippen LogP) is 4.26. The van der Waals surface area contributed by atoms with E-state index in [2.05, 4.69) is 17.4 Å². The van der Waals surface area contributed by atoms with Crippen molar-refractivity contribution in [2.24, 2.45) is 0 Å². The van der Waals surface area contributed by atoms with Crippen molar-refractivity contribution in [2.45, 2.75) is 45.0 Å². The van der Waals surface area contributed by atoms with Gasteiger partial charge in [0.2, 0.25) is 11.8 Å². The summed E-state index contributed by atoms with van der Waals surface area (Å²) >= 11 is 1.57. The second-order valence-corrected chi connectivity index (χ2v) is 8.05. The monoisotopic (exact) mass is 428 g/mol. The maximum absolute atomic E-state index is 13.1. The van der Waals surface area contributed by atoms with Gasteiger partial charge in [-0.3, -0.25) is 9.59 Å². The Hall–Kier alpha value is -2.47. The Kier molecular flexibility index (Phi) is 10.3. The lowest BCUT2D eigenvalue weighted by Crippen LogP contribution is -2.49. The van der Waals surface area contributed by atoms with Crippen LogP contribution in [-0.4, -0.2) is 42.2 Å². The van der Waals surface area contributed by atoms with E-state index in [1.54, 1.807) is 23.8 Å². The molecule has 0 heterocycles. The lowest BCUT2D eigenvalue weighted by molar-refractivity contribution is -0.139. The predicted molar refractivity (Wildman–Crippen MR) is 124 cm³/mol. The zero-order chi connectivity index (χ0) is 21.8. The van der Waals surface area contributed by atoms with Crippen LogP contribution in [0.2, 0.25) is 0 Å². The molecule has 2 rings (SSSR count). The molecule has 2 aromatic carbocycles. The summed E-state index contributed by atoms with van der Waals surface area (Å²) in [6.45, 7) is 4.97. The lowest BCUT2D eigenvalue weighted by atomic mass is 10.1. The van der Waals surface area contributed by atoms with E-state index in [9.17, 15) is 9.59 Å². The van der Waals surface area contributed by atoms with Gasteiger partial charge in [0, 0.05) is 18.8 Å². The first-order valence-electron chi connectivity index (χ1n) is 10.4. The second kappa shape index (κ2) is 13.0. The molecule has 5 nitrogen and oxygen atoms in total. The number of carbonyl (C=O) groups excluding carboxylic acids is 2. The van der Waals surface area contributed by atoms with Gasteiger partial charge in [0.1, 0.15) is 11.8 Å². The van der Waals surface area contributed by atoms with Crippen LogP contribution in [0, 0.1) is 0 Å².